The number of nitrogens with one attached hydrogen (secondary N) is 1. The number of aryl methyl sites for hydroxylation is 1. The van der Waals surface area contributed by atoms with E-state index in [1.54, 1.807) is 19.1 Å². The van der Waals surface area contributed by atoms with Gasteiger partial charge in [0, 0.05) is 31.7 Å². The summed E-state index contributed by atoms with van der Waals surface area (Å²) in [6.07, 6.45) is 2.12. The normalized spacial score (nSPS) is 17.6. The highest BCUT2D eigenvalue weighted by Crippen LogP contribution is 2.30. The predicted molar refractivity (Wildman–Crippen MR) is 78.6 cm³/mol. The Labute approximate surface area is 126 Å². The molecule has 1 saturated heterocycles. The van der Waals surface area contributed by atoms with E-state index in [1.807, 2.05) is 0 Å². The van der Waals surface area contributed by atoms with Crippen molar-refractivity contribution in [3.05, 3.63) is 34.2 Å². The largest absolute Gasteiger partial charge is 0.377 e. The summed E-state index contributed by atoms with van der Waals surface area (Å²) in [5.74, 6) is 0.754. The number of aromatic nitrogens is 2. The number of benzene rings is 1. The molecule has 0 unspecified atom stereocenters. The third-order valence-corrected chi connectivity index (χ3v) is 3.52. The van der Waals surface area contributed by atoms with Crippen LogP contribution in [0.4, 0.5) is 11.4 Å². The second kappa shape index (κ2) is 6.10. The SMILES string of the molecule is Cc1nc(-c2ccc(NC[C@@H]3CCCO3)c([N+](=O)[O-])c2)no1. The molecule has 0 spiro atoms. The molecule has 1 aliphatic heterocycles. The summed E-state index contributed by atoms with van der Waals surface area (Å²) < 4.78 is 10.4. The summed E-state index contributed by atoms with van der Waals surface area (Å²) in [4.78, 5) is 14.9. The second-order valence-electron chi connectivity index (χ2n) is 5.14. The zero-order valence-corrected chi connectivity index (χ0v) is 12.1. The first-order valence-electron chi connectivity index (χ1n) is 7.08. The molecule has 116 valence electrons. The Morgan fingerprint density at radius 2 is 2.36 bits per heavy atom. The molecule has 1 fully saturated rings. The van der Waals surface area contributed by atoms with E-state index in [4.69, 9.17) is 9.26 Å². The third kappa shape index (κ3) is 3.06. The summed E-state index contributed by atoms with van der Waals surface area (Å²) in [6, 6.07) is 4.84. The van der Waals surface area contributed by atoms with Crippen molar-refractivity contribution in [2.75, 3.05) is 18.5 Å². The van der Waals surface area contributed by atoms with Gasteiger partial charge in [-0.1, -0.05) is 5.16 Å². The molecular formula is C14H16N4O4. The molecular weight excluding hydrogens is 288 g/mol. The fraction of sp³-hybridized carbons (Fsp3) is 0.429. The minimum absolute atomic E-state index is 0.0158. The van der Waals surface area contributed by atoms with Crippen LogP contribution >= 0.6 is 0 Å². The van der Waals surface area contributed by atoms with E-state index in [1.165, 1.54) is 6.07 Å². The van der Waals surface area contributed by atoms with Crippen LogP contribution in [0, 0.1) is 17.0 Å². The van der Waals surface area contributed by atoms with E-state index in [0.29, 0.717) is 29.5 Å². The van der Waals surface area contributed by atoms with E-state index < -0.39 is 4.92 Å². The molecule has 0 radical (unpaired) electrons. The lowest BCUT2D eigenvalue weighted by atomic mass is 10.1. The Hall–Kier alpha value is -2.48. The zero-order chi connectivity index (χ0) is 15.5. The maximum Gasteiger partial charge on any atom is 0.293 e. The van der Waals surface area contributed by atoms with Crippen molar-refractivity contribution in [2.24, 2.45) is 0 Å². The maximum atomic E-state index is 11.3. The van der Waals surface area contributed by atoms with Crippen molar-refractivity contribution < 1.29 is 14.2 Å². The van der Waals surface area contributed by atoms with Gasteiger partial charge in [-0.25, -0.2) is 0 Å². The van der Waals surface area contributed by atoms with E-state index in [9.17, 15) is 10.1 Å². The number of rotatable bonds is 5. The van der Waals surface area contributed by atoms with Crippen molar-refractivity contribution in [2.45, 2.75) is 25.9 Å². The molecule has 1 aromatic carbocycles. The van der Waals surface area contributed by atoms with E-state index in [-0.39, 0.29) is 11.8 Å². The summed E-state index contributed by atoms with van der Waals surface area (Å²) >= 11 is 0. The zero-order valence-electron chi connectivity index (χ0n) is 12.1. The van der Waals surface area contributed by atoms with Crippen molar-refractivity contribution in [3.8, 4) is 11.4 Å². The Balaban J connectivity index is 1.82. The van der Waals surface area contributed by atoms with Gasteiger partial charge in [0.15, 0.2) is 0 Å². The van der Waals surface area contributed by atoms with Gasteiger partial charge in [0.25, 0.3) is 5.69 Å². The first-order chi connectivity index (χ1) is 10.6. The summed E-state index contributed by atoms with van der Waals surface area (Å²) in [6.45, 7) is 2.98. The fourth-order valence-electron chi connectivity index (χ4n) is 2.42. The third-order valence-electron chi connectivity index (χ3n) is 3.52. The van der Waals surface area contributed by atoms with Crippen molar-refractivity contribution in [1.82, 2.24) is 10.1 Å². The number of nitro groups is 1. The fourth-order valence-corrected chi connectivity index (χ4v) is 2.42. The van der Waals surface area contributed by atoms with Gasteiger partial charge in [-0.05, 0) is 25.0 Å². The molecule has 2 heterocycles. The van der Waals surface area contributed by atoms with E-state index in [0.717, 1.165) is 19.4 Å². The van der Waals surface area contributed by atoms with Gasteiger partial charge in [-0.3, -0.25) is 10.1 Å². The topological polar surface area (TPSA) is 103 Å². The van der Waals surface area contributed by atoms with Gasteiger partial charge in [0.05, 0.1) is 11.0 Å². The van der Waals surface area contributed by atoms with Crippen LogP contribution < -0.4 is 5.32 Å². The molecule has 1 N–H and O–H groups in total. The minimum Gasteiger partial charge on any atom is -0.377 e. The Bertz CT molecular complexity index is 679. The monoisotopic (exact) mass is 304 g/mol. The Morgan fingerprint density at radius 3 is 3.00 bits per heavy atom. The van der Waals surface area contributed by atoms with Crippen LogP contribution in [0.2, 0.25) is 0 Å². The predicted octanol–water partition coefficient (Wildman–Crippen LogP) is 2.54. The molecule has 8 nitrogen and oxygen atoms in total. The van der Waals surface area contributed by atoms with Crippen molar-refractivity contribution >= 4 is 11.4 Å². The van der Waals surface area contributed by atoms with Crippen LogP contribution in [-0.2, 0) is 4.74 Å². The average Bonchev–Trinajstić information content (AvgIpc) is 3.16. The highest BCUT2D eigenvalue weighted by molar-refractivity contribution is 5.70. The molecule has 1 atom stereocenters. The molecule has 2 aromatic rings. The summed E-state index contributed by atoms with van der Waals surface area (Å²) in [5, 5.41) is 18.1. The lowest BCUT2D eigenvalue weighted by Crippen LogP contribution is -2.18. The van der Waals surface area contributed by atoms with Crippen LogP contribution in [0.25, 0.3) is 11.4 Å². The Morgan fingerprint density at radius 1 is 1.50 bits per heavy atom. The smallest absolute Gasteiger partial charge is 0.293 e. The van der Waals surface area contributed by atoms with Gasteiger partial charge in [0.1, 0.15) is 5.69 Å². The van der Waals surface area contributed by atoms with Crippen LogP contribution in [0.1, 0.15) is 18.7 Å². The first-order valence-corrected chi connectivity index (χ1v) is 7.08. The number of anilines is 1. The number of ether oxygens (including phenoxy) is 1. The molecule has 0 amide bonds. The number of hydrogen-bond acceptors (Lipinski definition) is 7. The van der Waals surface area contributed by atoms with Crippen LogP contribution in [-0.4, -0.2) is 34.3 Å². The van der Waals surface area contributed by atoms with Crippen molar-refractivity contribution in [3.63, 3.8) is 0 Å². The molecule has 3 rings (SSSR count). The van der Waals surface area contributed by atoms with Crippen LogP contribution in [0.3, 0.4) is 0 Å². The maximum absolute atomic E-state index is 11.3. The molecule has 0 saturated carbocycles. The van der Waals surface area contributed by atoms with Gasteiger partial charge in [-0.2, -0.15) is 4.98 Å². The van der Waals surface area contributed by atoms with Gasteiger partial charge >= 0.3 is 0 Å². The molecule has 0 aliphatic carbocycles. The number of hydrogen-bond donors (Lipinski definition) is 1. The van der Waals surface area contributed by atoms with Crippen LogP contribution in [0.5, 0.6) is 0 Å². The molecule has 22 heavy (non-hydrogen) atoms. The summed E-state index contributed by atoms with van der Waals surface area (Å²) in [5.41, 5.74) is 0.994. The quantitative estimate of drug-likeness (QED) is 0.668. The highest BCUT2D eigenvalue weighted by atomic mass is 16.6. The average molecular weight is 304 g/mol. The van der Waals surface area contributed by atoms with Gasteiger partial charge < -0.3 is 14.6 Å². The van der Waals surface area contributed by atoms with E-state index in [2.05, 4.69) is 15.5 Å². The highest BCUT2D eigenvalue weighted by Gasteiger charge is 2.20. The Kier molecular flexibility index (Phi) is 4.01. The van der Waals surface area contributed by atoms with Crippen molar-refractivity contribution in [1.29, 1.82) is 0 Å². The molecule has 0 bridgehead atoms. The number of nitrogens with zero attached hydrogens (tertiary/aromatic N) is 3. The standard InChI is InChI=1S/C14H16N4O4/c1-9-16-14(17-22-9)10-4-5-12(13(7-10)18(19)20)15-8-11-3-2-6-21-11/h4-5,7,11,15H,2-3,6,8H2,1H3/t11-/m0/s1. The van der Waals surface area contributed by atoms with Crippen LogP contribution in [0.15, 0.2) is 22.7 Å². The molecule has 8 heteroatoms. The second-order valence-corrected chi connectivity index (χ2v) is 5.14. The molecule has 1 aliphatic rings. The van der Waals surface area contributed by atoms with E-state index >= 15 is 0 Å². The van der Waals surface area contributed by atoms with Gasteiger partial charge in [0.2, 0.25) is 11.7 Å². The lowest BCUT2D eigenvalue weighted by Gasteiger charge is -2.12. The minimum atomic E-state index is -0.422. The molecule has 1 aromatic heterocycles. The summed E-state index contributed by atoms with van der Waals surface area (Å²) in [7, 11) is 0. The first kappa shape index (κ1) is 14.5. The van der Waals surface area contributed by atoms with Gasteiger partial charge in [-0.15, -0.1) is 0 Å². The number of nitro benzene ring substituents is 1. The lowest BCUT2D eigenvalue weighted by molar-refractivity contribution is -0.383.